The number of methoxy groups -OCH3 is 1. The molecule has 15 heteroatoms. The van der Waals surface area contributed by atoms with Crippen molar-refractivity contribution in [2.24, 2.45) is 0 Å². The van der Waals surface area contributed by atoms with Gasteiger partial charge in [-0.2, -0.15) is 0 Å². The van der Waals surface area contributed by atoms with Gasteiger partial charge >= 0.3 is 12.1 Å². The molecule has 54 heavy (non-hydrogen) atoms. The number of ether oxygens (including phenoxy) is 2. The van der Waals surface area contributed by atoms with Crippen molar-refractivity contribution in [3.05, 3.63) is 116 Å². The molecule has 282 valence electrons. The van der Waals surface area contributed by atoms with Crippen LogP contribution in [0.15, 0.2) is 83.4 Å². The highest BCUT2D eigenvalue weighted by Crippen LogP contribution is 2.39. The van der Waals surface area contributed by atoms with Crippen LogP contribution in [0.25, 0.3) is 6.08 Å². The number of anilines is 2. The maximum atomic E-state index is 14.7. The molecule has 1 aromatic heterocycles. The van der Waals surface area contributed by atoms with Gasteiger partial charge in [-0.1, -0.05) is 41.9 Å². The first-order chi connectivity index (χ1) is 25.6. The topological polar surface area (TPSA) is 143 Å². The number of carbonyl (C=O) groups excluding carboxylic acids is 5. The molecule has 0 aliphatic carbocycles. The van der Waals surface area contributed by atoms with Gasteiger partial charge in [0.15, 0.2) is 0 Å². The molecule has 1 unspecified atom stereocenters. The Morgan fingerprint density at radius 3 is 2.41 bits per heavy atom. The number of amides is 4. The third kappa shape index (κ3) is 10.1. The molecule has 0 saturated carbocycles. The fraction of sp³-hybridized carbons (Fsp3) is 0.256. The lowest BCUT2D eigenvalue weighted by Gasteiger charge is -2.30. The summed E-state index contributed by atoms with van der Waals surface area (Å²) in [6.07, 6.45) is 1.08. The van der Waals surface area contributed by atoms with Crippen molar-refractivity contribution in [1.82, 2.24) is 10.2 Å². The van der Waals surface area contributed by atoms with Crippen LogP contribution in [0, 0.1) is 5.82 Å². The van der Waals surface area contributed by atoms with E-state index in [1.165, 1.54) is 54.5 Å². The van der Waals surface area contributed by atoms with E-state index < -0.39 is 46.5 Å². The van der Waals surface area contributed by atoms with Crippen molar-refractivity contribution in [2.75, 3.05) is 24.3 Å². The van der Waals surface area contributed by atoms with Gasteiger partial charge in [0.1, 0.15) is 22.1 Å². The van der Waals surface area contributed by atoms with E-state index in [4.69, 9.17) is 21.1 Å². The lowest BCUT2D eigenvalue weighted by Crippen LogP contribution is -2.39. The summed E-state index contributed by atoms with van der Waals surface area (Å²) in [6.45, 7) is 7.61. The van der Waals surface area contributed by atoms with Crippen LogP contribution in [0.1, 0.15) is 64.4 Å². The first-order valence-electron chi connectivity index (χ1n) is 16.7. The molecule has 5 rings (SSSR count). The number of thiophene rings is 1. The highest BCUT2D eigenvalue weighted by atomic mass is 35.5. The Balaban J connectivity index is 1.30. The average Bonchev–Trinajstić information content (AvgIpc) is 3.49. The van der Waals surface area contributed by atoms with Crippen molar-refractivity contribution in [2.45, 2.75) is 56.4 Å². The zero-order valence-corrected chi connectivity index (χ0v) is 32.5. The van der Waals surface area contributed by atoms with Gasteiger partial charge in [-0.25, -0.2) is 14.0 Å². The number of hydrogen-bond donors (Lipinski definition) is 3. The summed E-state index contributed by atoms with van der Waals surface area (Å²) in [7, 11) is 1.27. The molecule has 0 bridgehead atoms. The molecule has 1 atom stereocenters. The number of fused-ring (bicyclic) bond motifs is 1. The molecule has 0 saturated heterocycles. The van der Waals surface area contributed by atoms with Gasteiger partial charge in [-0.3, -0.25) is 14.4 Å². The fourth-order valence-electron chi connectivity index (χ4n) is 5.34. The Labute approximate surface area is 325 Å². The average molecular weight is 793 g/mol. The van der Waals surface area contributed by atoms with Crippen LogP contribution in [0.2, 0.25) is 5.02 Å². The van der Waals surface area contributed by atoms with E-state index >= 15 is 0 Å². The van der Waals surface area contributed by atoms with Gasteiger partial charge in [0, 0.05) is 33.1 Å². The lowest BCUT2D eigenvalue weighted by molar-refractivity contribution is -0.115. The predicted octanol–water partition coefficient (Wildman–Crippen LogP) is 8.15. The Morgan fingerprint density at radius 2 is 1.72 bits per heavy atom. The number of nitrogens with one attached hydrogen (secondary N) is 3. The molecule has 1 aliphatic rings. The molecular weight excluding hydrogens is 755 g/mol. The van der Waals surface area contributed by atoms with Crippen LogP contribution in [0.3, 0.4) is 0 Å². The van der Waals surface area contributed by atoms with Crippen molar-refractivity contribution in [1.29, 1.82) is 0 Å². The number of halogens is 2. The summed E-state index contributed by atoms with van der Waals surface area (Å²) in [5.74, 6) is -3.00. The highest BCUT2D eigenvalue weighted by molar-refractivity contribution is 8.00. The molecule has 0 radical (unpaired) electrons. The summed E-state index contributed by atoms with van der Waals surface area (Å²) in [4.78, 5) is 68.6. The van der Waals surface area contributed by atoms with Crippen LogP contribution in [0.4, 0.5) is 19.9 Å². The highest BCUT2D eigenvalue weighted by Gasteiger charge is 2.33. The van der Waals surface area contributed by atoms with E-state index in [-0.39, 0.29) is 34.0 Å². The number of esters is 1. The second-order valence-corrected chi connectivity index (χ2v) is 16.0. The van der Waals surface area contributed by atoms with Crippen LogP contribution < -0.4 is 16.0 Å². The molecule has 11 nitrogen and oxygen atoms in total. The van der Waals surface area contributed by atoms with Crippen molar-refractivity contribution in [3.63, 3.8) is 0 Å². The third-order valence-electron chi connectivity index (χ3n) is 7.93. The molecule has 1 aliphatic heterocycles. The molecule has 0 spiro atoms. The zero-order valence-electron chi connectivity index (χ0n) is 30.1. The number of thioether (sulfide) groups is 1. The van der Waals surface area contributed by atoms with Gasteiger partial charge < -0.3 is 30.3 Å². The molecule has 3 N–H and O–H groups in total. The van der Waals surface area contributed by atoms with E-state index in [2.05, 4.69) is 16.0 Å². The third-order valence-corrected chi connectivity index (χ3v) is 10.5. The minimum atomic E-state index is -0.742. The van der Waals surface area contributed by atoms with E-state index in [0.29, 0.717) is 28.5 Å². The Bertz CT molecular complexity index is 2100. The molecule has 2 heterocycles. The van der Waals surface area contributed by atoms with Gasteiger partial charge in [0.25, 0.3) is 11.8 Å². The van der Waals surface area contributed by atoms with Gasteiger partial charge in [0.2, 0.25) is 5.91 Å². The summed E-state index contributed by atoms with van der Waals surface area (Å²) in [5.41, 5.74) is 0.601. The second kappa shape index (κ2) is 17.3. The quantitative estimate of drug-likeness (QED) is 0.0830. The molecule has 4 aromatic rings. The maximum Gasteiger partial charge on any atom is 0.410 e. The SMILES string of the molecule is COC(=O)c1c(NC(=O)C(C)Sc2cccc(NC(=O)/C(=C\c3c(F)cccc3Cl)NC(=O)c3ccccc3)c2)sc2c1CCN(C(=O)OC(C)(C)C)C2. The standard InChI is InChI=1S/C39H38ClFN4O7S2/c1-22(33(46)44-36-32(37(49)51-5)26-17-18-45(21-31(26)54-36)38(50)52-39(2,3)4)53-25-14-9-13-24(19-25)42-35(48)30(20-27-28(40)15-10-16-29(27)41)43-34(47)23-11-7-6-8-12-23/h6-16,19-20,22H,17-18,21H2,1-5H3,(H,42,48)(H,43,47)(H,44,46)/b30-20+. The fourth-order valence-corrected chi connectivity index (χ4v) is 7.74. The van der Waals surface area contributed by atoms with Crippen molar-refractivity contribution in [3.8, 4) is 0 Å². The van der Waals surface area contributed by atoms with Crippen molar-refractivity contribution >= 4 is 81.2 Å². The van der Waals surface area contributed by atoms with Gasteiger partial charge in [-0.15, -0.1) is 23.1 Å². The Morgan fingerprint density at radius 1 is 1.00 bits per heavy atom. The number of carbonyl (C=O) groups is 5. The Hall–Kier alpha value is -5.18. The molecule has 3 aromatic carbocycles. The second-order valence-electron chi connectivity index (χ2n) is 13.1. The zero-order chi connectivity index (χ0) is 39.2. The van der Waals surface area contributed by atoms with E-state index in [1.807, 2.05) is 0 Å². The van der Waals surface area contributed by atoms with E-state index in [1.54, 1.807) is 87.2 Å². The summed E-state index contributed by atoms with van der Waals surface area (Å²) >= 11 is 8.64. The molecule has 0 fully saturated rings. The summed E-state index contributed by atoms with van der Waals surface area (Å²) in [5, 5.41) is 7.87. The minimum absolute atomic E-state index is 0.0455. The van der Waals surface area contributed by atoms with E-state index in [9.17, 15) is 28.4 Å². The number of nitrogens with zero attached hydrogens (tertiary/aromatic N) is 1. The molecular formula is C39H38ClFN4O7S2. The van der Waals surface area contributed by atoms with Gasteiger partial charge in [0.05, 0.1) is 29.5 Å². The lowest BCUT2D eigenvalue weighted by atomic mass is 10.0. The normalized spacial score (nSPS) is 13.3. The Kier molecular flexibility index (Phi) is 12.8. The van der Waals surface area contributed by atoms with Crippen LogP contribution in [-0.2, 0) is 32.0 Å². The summed E-state index contributed by atoms with van der Waals surface area (Å²) < 4.78 is 25.3. The number of benzene rings is 3. The monoisotopic (exact) mass is 792 g/mol. The first-order valence-corrected chi connectivity index (χ1v) is 18.8. The van der Waals surface area contributed by atoms with E-state index in [0.717, 1.165) is 10.4 Å². The number of rotatable bonds is 10. The van der Waals surface area contributed by atoms with Crippen LogP contribution in [0.5, 0.6) is 0 Å². The van der Waals surface area contributed by atoms with Crippen LogP contribution in [-0.4, -0.2) is 59.2 Å². The minimum Gasteiger partial charge on any atom is -0.465 e. The molecule has 4 amide bonds. The largest absolute Gasteiger partial charge is 0.465 e. The maximum absolute atomic E-state index is 14.7. The van der Waals surface area contributed by atoms with Crippen molar-refractivity contribution < 1.29 is 37.8 Å². The first kappa shape index (κ1) is 40.0. The van der Waals surface area contributed by atoms with Crippen LogP contribution >= 0.6 is 34.7 Å². The van der Waals surface area contributed by atoms with Gasteiger partial charge in [-0.05, 0) is 88.2 Å². The predicted molar refractivity (Wildman–Crippen MR) is 208 cm³/mol. The summed E-state index contributed by atoms with van der Waals surface area (Å²) in [6, 6.07) is 19.0. The number of hydrogen-bond acceptors (Lipinski definition) is 9. The smallest absolute Gasteiger partial charge is 0.410 e.